The molecule has 0 aliphatic carbocycles. The van der Waals surface area contributed by atoms with Crippen molar-refractivity contribution in [2.45, 2.75) is 6.92 Å². The van der Waals surface area contributed by atoms with Crippen LogP contribution < -0.4 is 5.73 Å². The van der Waals surface area contributed by atoms with Gasteiger partial charge in [0.15, 0.2) is 0 Å². The largest absolute Gasteiger partial charge is 0.383 e. The molecular formula is C15H15N5. The molecule has 3 rings (SSSR count). The van der Waals surface area contributed by atoms with E-state index in [2.05, 4.69) is 46.5 Å². The summed E-state index contributed by atoms with van der Waals surface area (Å²) in [5.74, 6) is 0.640. The summed E-state index contributed by atoms with van der Waals surface area (Å²) in [5, 5.41) is 12.2. The molecule has 0 unspecified atom stereocenters. The van der Waals surface area contributed by atoms with Gasteiger partial charge in [0.1, 0.15) is 11.5 Å². The Hall–Kier alpha value is -2.69. The summed E-state index contributed by atoms with van der Waals surface area (Å²) >= 11 is 0. The second kappa shape index (κ2) is 4.77. The van der Waals surface area contributed by atoms with Crippen LogP contribution in [0, 0.1) is 6.92 Å². The van der Waals surface area contributed by atoms with E-state index in [4.69, 9.17) is 5.73 Å². The highest BCUT2D eigenvalue weighted by atomic mass is 15.3. The molecule has 5 nitrogen and oxygen atoms in total. The standard InChI is InChI=1S/C15H15N5/c1-10-3-5-11(6-4-10)13-14(19-20(2)15(13)16)12-7-8-17-18-9-12/h3-9H,16H2,1-2H3. The fraction of sp³-hybridized carbons (Fsp3) is 0.133. The quantitative estimate of drug-likeness (QED) is 0.772. The van der Waals surface area contributed by atoms with Gasteiger partial charge in [0.25, 0.3) is 0 Å². The van der Waals surface area contributed by atoms with Crippen LogP contribution in [0.5, 0.6) is 0 Å². The Morgan fingerprint density at radius 1 is 1.00 bits per heavy atom. The van der Waals surface area contributed by atoms with E-state index in [0.717, 1.165) is 22.4 Å². The van der Waals surface area contributed by atoms with Crippen molar-refractivity contribution < 1.29 is 0 Å². The van der Waals surface area contributed by atoms with Crippen molar-refractivity contribution in [2.75, 3.05) is 5.73 Å². The van der Waals surface area contributed by atoms with Gasteiger partial charge in [-0.1, -0.05) is 29.8 Å². The highest BCUT2D eigenvalue weighted by molar-refractivity contribution is 5.87. The zero-order chi connectivity index (χ0) is 14.1. The van der Waals surface area contributed by atoms with Gasteiger partial charge in [0.2, 0.25) is 0 Å². The molecule has 0 aliphatic heterocycles. The Kier molecular flexibility index (Phi) is 2.95. The highest BCUT2D eigenvalue weighted by Crippen LogP contribution is 2.35. The third-order valence-corrected chi connectivity index (χ3v) is 3.29. The predicted molar refractivity (Wildman–Crippen MR) is 78.8 cm³/mol. The third kappa shape index (κ3) is 2.03. The lowest BCUT2D eigenvalue weighted by Crippen LogP contribution is -1.97. The van der Waals surface area contributed by atoms with E-state index in [1.165, 1.54) is 5.56 Å². The van der Waals surface area contributed by atoms with Crippen LogP contribution in [-0.2, 0) is 7.05 Å². The molecular weight excluding hydrogens is 250 g/mol. The number of nitrogens with zero attached hydrogens (tertiary/aromatic N) is 4. The first-order valence-corrected chi connectivity index (χ1v) is 6.33. The zero-order valence-electron chi connectivity index (χ0n) is 11.4. The van der Waals surface area contributed by atoms with Crippen LogP contribution in [0.15, 0.2) is 42.7 Å². The molecule has 20 heavy (non-hydrogen) atoms. The van der Waals surface area contributed by atoms with E-state index in [1.54, 1.807) is 17.1 Å². The summed E-state index contributed by atoms with van der Waals surface area (Å²) in [7, 11) is 1.84. The fourth-order valence-electron chi connectivity index (χ4n) is 2.17. The molecule has 0 radical (unpaired) electrons. The maximum atomic E-state index is 6.18. The third-order valence-electron chi connectivity index (χ3n) is 3.29. The molecule has 100 valence electrons. The van der Waals surface area contributed by atoms with Crippen LogP contribution in [0.25, 0.3) is 22.4 Å². The summed E-state index contributed by atoms with van der Waals surface area (Å²) in [6, 6.07) is 10.1. The minimum atomic E-state index is 0.640. The second-order valence-electron chi connectivity index (χ2n) is 4.73. The van der Waals surface area contributed by atoms with Crippen molar-refractivity contribution in [3.8, 4) is 22.4 Å². The summed E-state index contributed by atoms with van der Waals surface area (Å²) in [6.45, 7) is 2.06. The average Bonchev–Trinajstić information content (AvgIpc) is 2.77. The van der Waals surface area contributed by atoms with Gasteiger partial charge in [0.05, 0.1) is 18.0 Å². The van der Waals surface area contributed by atoms with E-state index in [0.29, 0.717) is 5.82 Å². The molecule has 0 spiro atoms. The molecule has 0 saturated carbocycles. The van der Waals surface area contributed by atoms with E-state index in [9.17, 15) is 0 Å². The topological polar surface area (TPSA) is 69.6 Å². The van der Waals surface area contributed by atoms with Gasteiger partial charge in [-0.15, -0.1) is 0 Å². The van der Waals surface area contributed by atoms with E-state index in [-0.39, 0.29) is 0 Å². The van der Waals surface area contributed by atoms with Crippen LogP contribution in [-0.4, -0.2) is 20.0 Å². The van der Waals surface area contributed by atoms with Crippen LogP contribution in [0.3, 0.4) is 0 Å². The molecule has 5 heteroatoms. The molecule has 0 aliphatic rings. The fourth-order valence-corrected chi connectivity index (χ4v) is 2.17. The van der Waals surface area contributed by atoms with Gasteiger partial charge in [-0.2, -0.15) is 15.3 Å². The molecule has 0 saturated heterocycles. The summed E-state index contributed by atoms with van der Waals surface area (Å²) in [4.78, 5) is 0. The Morgan fingerprint density at radius 2 is 1.75 bits per heavy atom. The van der Waals surface area contributed by atoms with Crippen LogP contribution in [0.1, 0.15) is 5.56 Å². The summed E-state index contributed by atoms with van der Waals surface area (Å²) in [5.41, 5.74) is 11.1. The average molecular weight is 265 g/mol. The molecule has 0 bridgehead atoms. The normalized spacial score (nSPS) is 10.7. The Bertz CT molecular complexity index is 729. The molecule has 1 aromatic carbocycles. The lowest BCUT2D eigenvalue weighted by molar-refractivity contribution is 0.782. The first-order valence-electron chi connectivity index (χ1n) is 6.33. The smallest absolute Gasteiger partial charge is 0.129 e. The minimum Gasteiger partial charge on any atom is -0.383 e. The van der Waals surface area contributed by atoms with Gasteiger partial charge in [-0.25, -0.2) is 0 Å². The van der Waals surface area contributed by atoms with Crippen molar-refractivity contribution in [1.29, 1.82) is 0 Å². The van der Waals surface area contributed by atoms with Crippen molar-refractivity contribution in [1.82, 2.24) is 20.0 Å². The molecule has 0 fully saturated rings. The van der Waals surface area contributed by atoms with E-state index in [1.807, 2.05) is 13.1 Å². The first kappa shape index (κ1) is 12.3. The van der Waals surface area contributed by atoms with E-state index >= 15 is 0 Å². The Labute approximate surface area is 117 Å². The van der Waals surface area contributed by atoms with Crippen molar-refractivity contribution in [3.63, 3.8) is 0 Å². The first-order chi connectivity index (χ1) is 9.66. The number of hydrogen-bond donors (Lipinski definition) is 1. The molecule has 0 atom stereocenters. The number of rotatable bonds is 2. The minimum absolute atomic E-state index is 0.640. The lowest BCUT2D eigenvalue weighted by atomic mass is 10.0. The SMILES string of the molecule is Cc1ccc(-c2c(-c3ccnnc3)nn(C)c2N)cc1. The predicted octanol–water partition coefficient (Wildman–Crippen LogP) is 2.43. The van der Waals surface area contributed by atoms with Gasteiger partial charge in [0, 0.05) is 12.6 Å². The second-order valence-corrected chi connectivity index (χ2v) is 4.73. The summed E-state index contributed by atoms with van der Waals surface area (Å²) in [6.07, 6.45) is 3.35. The number of nitrogen functional groups attached to an aromatic ring is 1. The number of aryl methyl sites for hydroxylation is 2. The van der Waals surface area contributed by atoms with Crippen LogP contribution >= 0.6 is 0 Å². The van der Waals surface area contributed by atoms with Gasteiger partial charge >= 0.3 is 0 Å². The molecule has 3 aromatic rings. The highest BCUT2D eigenvalue weighted by Gasteiger charge is 2.17. The number of anilines is 1. The maximum absolute atomic E-state index is 6.18. The van der Waals surface area contributed by atoms with E-state index < -0.39 is 0 Å². The van der Waals surface area contributed by atoms with Gasteiger partial charge < -0.3 is 5.73 Å². The number of aromatic nitrogens is 4. The van der Waals surface area contributed by atoms with Gasteiger partial charge in [-0.05, 0) is 18.6 Å². The lowest BCUT2D eigenvalue weighted by Gasteiger charge is -2.04. The Morgan fingerprint density at radius 3 is 2.40 bits per heavy atom. The number of benzene rings is 1. The summed E-state index contributed by atoms with van der Waals surface area (Å²) < 4.78 is 1.69. The number of nitrogens with two attached hydrogens (primary N) is 1. The van der Waals surface area contributed by atoms with Crippen molar-refractivity contribution >= 4 is 5.82 Å². The molecule has 0 amide bonds. The van der Waals surface area contributed by atoms with Crippen molar-refractivity contribution in [2.24, 2.45) is 7.05 Å². The van der Waals surface area contributed by atoms with Crippen LogP contribution in [0.4, 0.5) is 5.82 Å². The molecule has 2 aromatic heterocycles. The monoisotopic (exact) mass is 265 g/mol. The maximum Gasteiger partial charge on any atom is 0.129 e. The van der Waals surface area contributed by atoms with Gasteiger partial charge in [-0.3, -0.25) is 4.68 Å². The number of hydrogen-bond acceptors (Lipinski definition) is 4. The zero-order valence-corrected chi connectivity index (χ0v) is 11.4. The van der Waals surface area contributed by atoms with Crippen molar-refractivity contribution in [3.05, 3.63) is 48.3 Å². The Balaban J connectivity index is 2.22. The van der Waals surface area contributed by atoms with Crippen LogP contribution in [0.2, 0.25) is 0 Å². The molecule has 2 heterocycles. The molecule has 2 N–H and O–H groups in total.